The first kappa shape index (κ1) is 33.4. The Morgan fingerprint density at radius 2 is 1.15 bits per heavy atom. The Morgan fingerprint density at radius 3 is 1.78 bits per heavy atom. The van der Waals surface area contributed by atoms with Crippen molar-refractivity contribution in [1.82, 2.24) is 10.3 Å². The normalized spacial score (nSPS) is 22.1. The molecule has 0 aliphatic carbocycles. The molecule has 8 bridgehead atoms. The lowest BCUT2D eigenvalue weighted by Crippen LogP contribution is -2.36. The molecular weight excluding hydrogens is 661 g/mol. The number of anilines is 1. The predicted molar refractivity (Wildman–Crippen MR) is 223 cm³/mol. The lowest BCUT2D eigenvalue weighted by molar-refractivity contribution is 0.497. The van der Waals surface area contributed by atoms with Crippen LogP contribution in [-0.2, 0) is 0 Å². The second-order valence-corrected chi connectivity index (χ2v) is 14.5. The first-order valence-corrected chi connectivity index (χ1v) is 18.5. The minimum absolute atomic E-state index is 0.116. The Morgan fingerprint density at radius 1 is 0.611 bits per heavy atom. The van der Waals surface area contributed by atoms with Crippen LogP contribution in [0.4, 0.5) is 5.69 Å². The third-order valence-corrected chi connectivity index (χ3v) is 10.6. The van der Waals surface area contributed by atoms with E-state index >= 15 is 0 Å². The summed E-state index contributed by atoms with van der Waals surface area (Å²) >= 11 is 0. The predicted octanol–water partition coefficient (Wildman–Crippen LogP) is 6.68. The Hall–Kier alpha value is -6.43. The molecule has 264 valence electrons. The van der Waals surface area contributed by atoms with Gasteiger partial charge in [-0.15, -0.1) is 0 Å². The molecule has 2 N–H and O–H groups in total. The van der Waals surface area contributed by atoms with Crippen molar-refractivity contribution in [3.8, 4) is 0 Å². The number of furan rings is 1. The number of aryl methyl sites for hydroxylation is 2. The van der Waals surface area contributed by atoms with Gasteiger partial charge < -0.3 is 14.3 Å². The van der Waals surface area contributed by atoms with Gasteiger partial charge in [-0.05, 0) is 60.4 Å². The van der Waals surface area contributed by atoms with Crippen LogP contribution in [0.1, 0.15) is 38.9 Å². The third kappa shape index (κ3) is 5.83. The van der Waals surface area contributed by atoms with Crippen LogP contribution in [0.3, 0.4) is 0 Å². The molecule has 6 aromatic rings. The van der Waals surface area contributed by atoms with Gasteiger partial charge in [-0.2, -0.15) is 0 Å². The molecule has 0 radical (unpaired) electrons. The molecule has 0 fully saturated rings. The standard InChI is InChI=1S/C49H42N4O/c1-30-16-20-35(21-17-30)44-37-24-25-38(50-37)45(36-22-18-31(2)19-23-36)40-27-29-42(52-40)47(34-14-10-7-11-15-34)49-48(53(4)5)43(32(3)54-49)46(33-12-8-6-9-13-33)41-28-26-39(44)51-41/h6-29,40,42,51-52H,3H2,1-2,4-5H3/b44-39-,45-38-,46-41-,49-47+. The SMILES string of the molecule is C=c1o/c2c(N(C)C)c1/C(c1ccccc1)=c1/cc/c([nH]1)=C(\c1ccc(C)cc1)C1=N/C(=C(/c3ccc(C)cc3)C3C=CC(N3)\C=2c2ccccc2)C=C1. The zero-order valence-corrected chi connectivity index (χ0v) is 31.0. The van der Waals surface area contributed by atoms with E-state index in [1.54, 1.807) is 0 Å². The number of allylic oxidation sites excluding steroid dienone is 2. The Balaban J connectivity index is 1.46. The Kier molecular flexibility index (Phi) is 8.37. The van der Waals surface area contributed by atoms with E-state index in [1.165, 1.54) is 11.1 Å². The summed E-state index contributed by atoms with van der Waals surface area (Å²) in [7, 11) is 4.18. The van der Waals surface area contributed by atoms with Crippen LogP contribution in [0, 0.1) is 13.8 Å². The summed E-state index contributed by atoms with van der Waals surface area (Å²) in [5.41, 5.74) is 16.2. The molecule has 0 spiro atoms. The van der Waals surface area contributed by atoms with Gasteiger partial charge in [0.05, 0.1) is 34.7 Å². The first-order valence-electron chi connectivity index (χ1n) is 18.5. The molecule has 3 aliphatic rings. The van der Waals surface area contributed by atoms with Gasteiger partial charge in [-0.25, -0.2) is 4.99 Å². The van der Waals surface area contributed by atoms with Crippen LogP contribution in [0.2, 0.25) is 0 Å². The molecular formula is C49H42N4O. The van der Waals surface area contributed by atoms with Gasteiger partial charge in [0.15, 0.2) is 5.42 Å². The molecule has 9 rings (SSSR count). The molecule has 0 amide bonds. The summed E-state index contributed by atoms with van der Waals surface area (Å²) in [4.78, 5) is 11.5. The second kappa shape index (κ2) is 13.5. The minimum atomic E-state index is -0.163. The molecule has 0 saturated heterocycles. The Bertz CT molecular complexity index is 2780. The number of benzene rings is 4. The maximum Gasteiger partial charge on any atom is 0.157 e. The van der Waals surface area contributed by atoms with Gasteiger partial charge in [0, 0.05) is 47.1 Å². The van der Waals surface area contributed by atoms with Crippen molar-refractivity contribution in [3.63, 3.8) is 0 Å². The highest BCUT2D eigenvalue weighted by molar-refractivity contribution is 6.30. The van der Waals surface area contributed by atoms with E-state index in [0.717, 1.165) is 83.3 Å². The number of rotatable bonds is 5. The summed E-state index contributed by atoms with van der Waals surface area (Å²) in [6.07, 6.45) is 8.89. The fraction of sp³-hybridized carbons (Fsp3) is 0.122. The molecule has 2 unspecified atom stereocenters. The summed E-state index contributed by atoms with van der Waals surface area (Å²) in [6, 6.07) is 42.7. The number of nitrogens with one attached hydrogen (secondary N) is 2. The minimum Gasteiger partial charge on any atom is -0.455 e. The summed E-state index contributed by atoms with van der Waals surface area (Å²) < 4.78 is 6.93. The molecule has 2 atom stereocenters. The monoisotopic (exact) mass is 702 g/mol. The average molecular weight is 703 g/mol. The average Bonchev–Trinajstić information content (AvgIpc) is 4.01. The van der Waals surface area contributed by atoms with Crippen molar-refractivity contribution in [2.24, 2.45) is 4.99 Å². The quantitative estimate of drug-likeness (QED) is 0.197. The molecule has 3 aliphatic heterocycles. The maximum absolute atomic E-state index is 6.93. The number of hydrogen-bond acceptors (Lipinski definition) is 4. The molecule has 5 nitrogen and oxygen atoms in total. The van der Waals surface area contributed by atoms with Crippen molar-refractivity contribution in [2.75, 3.05) is 19.0 Å². The lowest BCUT2D eigenvalue weighted by atomic mass is 9.94. The zero-order chi connectivity index (χ0) is 36.9. The van der Waals surface area contributed by atoms with Crippen molar-refractivity contribution in [2.45, 2.75) is 25.9 Å². The molecule has 4 aromatic carbocycles. The third-order valence-electron chi connectivity index (χ3n) is 10.6. The summed E-state index contributed by atoms with van der Waals surface area (Å²) in [5, 5.41) is 5.96. The van der Waals surface area contributed by atoms with E-state index in [9.17, 15) is 0 Å². The van der Waals surface area contributed by atoms with Crippen molar-refractivity contribution >= 4 is 40.3 Å². The molecule has 2 aromatic heterocycles. The van der Waals surface area contributed by atoms with Crippen LogP contribution < -0.4 is 31.7 Å². The highest BCUT2D eigenvalue weighted by Gasteiger charge is 2.31. The number of fused-ring (bicyclic) bond motifs is 7. The number of nitrogens with zero attached hydrogens (tertiary/aromatic N) is 2. The number of aliphatic imine (C=N–C) groups is 1. The molecule has 5 heterocycles. The number of hydrogen-bond donors (Lipinski definition) is 2. The van der Waals surface area contributed by atoms with E-state index in [1.807, 2.05) is 0 Å². The van der Waals surface area contributed by atoms with Crippen LogP contribution in [-0.4, -0.2) is 36.9 Å². The fourth-order valence-electron chi connectivity index (χ4n) is 8.05. The van der Waals surface area contributed by atoms with Gasteiger partial charge in [0.25, 0.3) is 0 Å². The van der Waals surface area contributed by atoms with Crippen molar-refractivity contribution in [1.29, 1.82) is 0 Å². The van der Waals surface area contributed by atoms with E-state index < -0.39 is 0 Å². The lowest BCUT2D eigenvalue weighted by Gasteiger charge is -2.22. The van der Waals surface area contributed by atoms with Crippen LogP contribution in [0.15, 0.2) is 161 Å². The van der Waals surface area contributed by atoms with Gasteiger partial charge in [0.1, 0.15) is 5.42 Å². The molecule has 0 saturated carbocycles. The van der Waals surface area contributed by atoms with Gasteiger partial charge in [-0.3, -0.25) is 5.32 Å². The first-order chi connectivity index (χ1) is 26.3. The Labute approximate surface area is 315 Å². The summed E-state index contributed by atoms with van der Waals surface area (Å²) in [6.45, 7) is 8.83. The van der Waals surface area contributed by atoms with E-state index in [4.69, 9.17) is 9.41 Å². The van der Waals surface area contributed by atoms with Crippen molar-refractivity contribution in [3.05, 3.63) is 212 Å². The van der Waals surface area contributed by atoms with E-state index in [-0.39, 0.29) is 12.1 Å². The topological polar surface area (TPSA) is 56.6 Å². The van der Waals surface area contributed by atoms with Crippen LogP contribution in [0.5, 0.6) is 0 Å². The van der Waals surface area contributed by atoms with Gasteiger partial charge in [0.2, 0.25) is 0 Å². The van der Waals surface area contributed by atoms with E-state index in [0.29, 0.717) is 5.42 Å². The smallest absolute Gasteiger partial charge is 0.157 e. The number of H-pyrrole nitrogens is 1. The number of aromatic amines is 1. The molecule has 5 heteroatoms. The highest BCUT2D eigenvalue weighted by Crippen LogP contribution is 2.34. The van der Waals surface area contributed by atoms with Crippen molar-refractivity contribution < 1.29 is 4.42 Å². The fourth-order valence-corrected chi connectivity index (χ4v) is 8.05. The molecule has 54 heavy (non-hydrogen) atoms. The zero-order valence-electron chi connectivity index (χ0n) is 31.0. The maximum atomic E-state index is 6.93. The largest absolute Gasteiger partial charge is 0.455 e. The van der Waals surface area contributed by atoms with Gasteiger partial charge in [-0.1, -0.05) is 139 Å². The highest BCUT2D eigenvalue weighted by atomic mass is 16.3. The van der Waals surface area contributed by atoms with Crippen LogP contribution >= 0.6 is 0 Å². The number of aromatic nitrogens is 1. The summed E-state index contributed by atoms with van der Waals surface area (Å²) in [5.74, 6) is 0. The van der Waals surface area contributed by atoms with Crippen LogP contribution in [0.25, 0.3) is 28.9 Å². The van der Waals surface area contributed by atoms with Gasteiger partial charge >= 0.3 is 0 Å². The second-order valence-electron chi connectivity index (χ2n) is 14.5. The van der Waals surface area contributed by atoms with E-state index in [2.05, 4.69) is 195 Å².